The van der Waals surface area contributed by atoms with E-state index in [0.717, 1.165) is 38.0 Å². The molecule has 7 nitrogen and oxygen atoms in total. The summed E-state index contributed by atoms with van der Waals surface area (Å²) >= 11 is 0. The van der Waals surface area contributed by atoms with Crippen molar-refractivity contribution in [2.24, 2.45) is 5.73 Å². The number of nitrogens with zero attached hydrogens (tertiary/aromatic N) is 1. The monoisotopic (exact) mass is 350 g/mol. The lowest BCUT2D eigenvalue weighted by Crippen LogP contribution is -2.54. The van der Waals surface area contributed by atoms with Crippen LogP contribution in [0.4, 0.5) is 0 Å². The topological polar surface area (TPSA) is 94.2 Å². The minimum Gasteiger partial charge on any atom is -0.493 e. The Balaban J connectivity index is 1.62. The van der Waals surface area contributed by atoms with Gasteiger partial charge in [-0.05, 0) is 37.0 Å². The lowest BCUT2D eigenvalue weighted by molar-refractivity contribution is -0.130. The minimum absolute atomic E-state index is 0.184. The first-order valence-electron chi connectivity index (χ1n) is 8.65. The van der Waals surface area contributed by atoms with Crippen LogP contribution in [-0.2, 0) is 16.1 Å². The first kappa shape index (κ1) is 18.0. The van der Waals surface area contributed by atoms with E-state index in [0.29, 0.717) is 24.6 Å². The van der Waals surface area contributed by atoms with Crippen LogP contribution in [0.1, 0.15) is 24.8 Å². The number of rotatable bonds is 6. The summed E-state index contributed by atoms with van der Waals surface area (Å²) in [6, 6.07) is 5.60. The number of aliphatic hydroxyl groups is 1. The maximum Gasteiger partial charge on any atom is 0.255 e. The average Bonchev–Trinajstić information content (AvgIpc) is 3.07. The fourth-order valence-electron chi connectivity index (χ4n) is 3.68. The van der Waals surface area contributed by atoms with Crippen molar-refractivity contribution in [3.05, 3.63) is 23.8 Å². The summed E-state index contributed by atoms with van der Waals surface area (Å²) in [7, 11) is 1.56. The van der Waals surface area contributed by atoms with Gasteiger partial charge in [0, 0.05) is 26.2 Å². The molecule has 1 spiro atoms. The number of piperidine rings is 1. The Morgan fingerprint density at radius 1 is 1.44 bits per heavy atom. The van der Waals surface area contributed by atoms with E-state index in [4.69, 9.17) is 19.9 Å². The van der Waals surface area contributed by atoms with E-state index in [9.17, 15) is 9.90 Å². The Morgan fingerprint density at radius 3 is 2.92 bits per heavy atom. The Labute approximate surface area is 147 Å². The summed E-state index contributed by atoms with van der Waals surface area (Å²) in [5.74, 6) is 0.519. The zero-order chi connectivity index (χ0) is 17.9. The molecule has 1 amide bonds. The van der Waals surface area contributed by atoms with E-state index in [2.05, 4.69) is 4.90 Å². The molecule has 3 rings (SSSR count). The quantitative estimate of drug-likeness (QED) is 0.783. The molecule has 0 radical (unpaired) electrons. The van der Waals surface area contributed by atoms with Gasteiger partial charge in [0.15, 0.2) is 18.1 Å². The molecule has 25 heavy (non-hydrogen) atoms. The van der Waals surface area contributed by atoms with Gasteiger partial charge in [-0.25, -0.2) is 0 Å². The molecule has 0 bridgehead atoms. The van der Waals surface area contributed by atoms with Gasteiger partial charge >= 0.3 is 0 Å². The van der Waals surface area contributed by atoms with Crippen LogP contribution in [0.2, 0.25) is 0 Å². The molecule has 2 atom stereocenters. The van der Waals surface area contributed by atoms with E-state index in [-0.39, 0.29) is 12.2 Å². The first-order valence-corrected chi connectivity index (χ1v) is 8.65. The normalized spacial score (nSPS) is 26.7. The van der Waals surface area contributed by atoms with Crippen molar-refractivity contribution in [1.82, 2.24) is 4.90 Å². The van der Waals surface area contributed by atoms with Crippen molar-refractivity contribution < 1.29 is 24.1 Å². The second-order valence-electron chi connectivity index (χ2n) is 6.76. The molecule has 2 saturated heterocycles. The van der Waals surface area contributed by atoms with E-state index < -0.39 is 12.0 Å². The molecule has 2 aliphatic rings. The molecule has 138 valence electrons. The number of β-amino-alcohol motifs (C(OH)–C–C–N with tert-alkyl or cyclic N) is 1. The molecule has 2 fully saturated rings. The van der Waals surface area contributed by atoms with Crippen LogP contribution in [0.15, 0.2) is 18.2 Å². The molecule has 3 N–H and O–H groups in total. The number of carbonyl (C=O) groups is 1. The van der Waals surface area contributed by atoms with Crippen LogP contribution in [0, 0.1) is 0 Å². The lowest BCUT2D eigenvalue weighted by Gasteiger charge is -2.42. The molecule has 1 aromatic carbocycles. The number of hydrogen-bond acceptors (Lipinski definition) is 6. The van der Waals surface area contributed by atoms with Crippen molar-refractivity contribution >= 4 is 5.91 Å². The Kier molecular flexibility index (Phi) is 5.46. The molecule has 2 heterocycles. The molecule has 0 aromatic heterocycles. The number of ether oxygens (including phenoxy) is 3. The first-order chi connectivity index (χ1) is 12.0. The third kappa shape index (κ3) is 4.05. The smallest absolute Gasteiger partial charge is 0.255 e. The third-order valence-corrected chi connectivity index (χ3v) is 5.03. The maximum absolute atomic E-state index is 10.9. The third-order valence-electron chi connectivity index (χ3n) is 5.03. The maximum atomic E-state index is 10.9. The van der Waals surface area contributed by atoms with Gasteiger partial charge < -0.3 is 25.1 Å². The van der Waals surface area contributed by atoms with Crippen LogP contribution in [0.3, 0.4) is 0 Å². The lowest BCUT2D eigenvalue weighted by atomic mass is 9.86. The highest BCUT2D eigenvalue weighted by molar-refractivity contribution is 5.75. The zero-order valence-electron chi connectivity index (χ0n) is 14.6. The molecular weight excluding hydrogens is 324 g/mol. The fraction of sp³-hybridized carbons (Fsp3) is 0.611. The van der Waals surface area contributed by atoms with Crippen LogP contribution >= 0.6 is 0 Å². The van der Waals surface area contributed by atoms with Crippen LogP contribution in [0.25, 0.3) is 0 Å². The summed E-state index contributed by atoms with van der Waals surface area (Å²) in [6.07, 6.45) is 2.37. The number of aliphatic hydroxyl groups excluding tert-OH is 1. The summed E-state index contributed by atoms with van der Waals surface area (Å²) in [4.78, 5) is 13.1. The Bertz CT molecular complexity index is 615. The van der Waals surface area contributed by atoms with Crippen molar-refractivity contribution in [2.75, 3.05) is 33.4 Å². The number of benzene rings is 1. The number of hydrogen-bond donors (Lipinski definition) is 2. The van der Waals surface area contributed by atoms with E-state index in [1.807, 2.05) is 12.1 Å². The number of carbonyl (C=O) groups excluding carboxylic acids is 1. The fourth-order valence-corrected chi connectivity index (χ4v) is 3.68. The second-order valence-corrected chi connectivity index (χ2v) is 6.76. The number of methoxy groups -OCH3 is 1. The van der Waals surface area contributed by atoms with Gasteiger partial charge in [-0.1, -0.05) is 6.07 Å². The van der Waals surface area contributed by atoms with Gasteiger partial charge in [0.2, 0.25) is 0 Å². The van der Waals surface area contributed by atoms with Gasteiger partial charge in [-0.3, -0.25) is 9.69 Å². The summed E-state index contributed by atoms with van der Waals surface area (Å²) in [6.45, 7) is 2.76. The SMILES string of the molecule is COc1cc(CN2CC[C@@]3(CCCO3)[C@@H](O)C2)ccc1OCC(N)=O. The van der Waals surface area contributed by atoms with E-state index in [1.165, 1.54) is 0 Å². The predicted octanol–water partition coefficient (Wildman–Crippen LogP) is 0.675. The molecule has 0 unspecified atom stereocenters. The minimum atomic E-state index is -0.531. The van der Waals surface area contributed by atoms with E-state index in [1.54, 1.807) is 13.2 Å². The van der Waals surface area contributed by atoms with Crippen LogP contribution < -0.4 is 15.2 Å². The predicted molar refractivity (Wildman–Crippen MR) is 91.5 cm³/mol. The van der Waals surface area contributed by atoms with E-state index >= 15 is 0 Å². The molecule has 2 aliphatic heterocycles. The zero-order valence-corrected chi connectivity index (χ0v) is 14.6. The summed E-state index contributed by atoms with van der Waals surface area (Å²) < 4.78 is 16.5. The molecule has 0 saturated carbocycles. The van der Waals surface area contributed by atoms with Crippen LogP contribution in [0.5, 0.6) is 11.5 Å². The highest BCUT2D eigenvalue weighted by Gasteiger charge is 2.45. The highest BCUT2D eigenvalue weighted by atomic mass is 16.5. The van der Waals surface area contributed by atoms with Gasteiger partial charge in [-0.2, -0.15) is 0 Å². The highest BCUT2D eigenvalue weighted by Crippen LogP contribution is 2.36. The molecule has 7 heteroatoms. The number of nitrogens with two attached hydrogens (primary N) is 1. The van der Waals surface area contributed by atoms with Crippen molar-refractivity contribution in [2.45, 2.75) is 37.5 Å². The largest absolute Gasteiger partial charge is 0.493 e. The molecule has 1 aromatic rings. The van der Waals surface area contributed by atoms with Gasteiger partial charge in [-0.15, -0.1) is 0 Å². The van der Waals surface area contributed by atoms with Crippen molar-refractivity contribution in [1.29, 1.82) is 0 Å². The van der Waals surface area contributed by atoms with Crippen LogP contribution in [-0.4, -0.2) is 61.0 Å². The number of likely N-dealkylation sites (tertiary alicyclic amines) is 1. The van der Waals surface area contributed by atoms with Crippen molar-refractivity contribution in [3.8, 4) is 11.5 Å². The number of amides is 1. The molecule has 0 aliphatic carbocycles. The number of primary amides is 1. The second kappa shape index (κ2) is 7.59. The standard InChI is InChI=1S/C18H26N2O5/c1-23-15-9-13(3-4-14(15)24-12-17(19)22)10-20-7-6-18(16(21)11-20)5-2-8-25-18/h3-4,9,16,21H,2,5-8,10-12H2,1H3,(H2,19,22)/t16-,18-/m0/s1. The summed E-state index contributed by atoms with van der Waals surface area (Å²) in [5.41, 5.74) is 5.82. The summed E-state index contributed by atoms with van der Waals surface area (Å²) in [5, 5.41) is 10.5. The van der Waals surface area contributed by atoms with Gasteiger partial charge in [0.25, 0.3) is 5.91 Å². The Morgan fingerprint density at radius 2 is 2.28 bits per heavy atom. The van der Waals surface area contributed by atoms with Gasteiger partial charge in [0.05, 0.1) is 18.8 Å². The average molecular weight is 350 g/mol. The molecular formula is C18H26N2O5. The van der Waals surface area contributed by atoms with Gasteiger partial charge in [0.1, 0.15) is 0 Å². The Hall–Kier alpha value is -1.83. The van der Waals surface area contributed by atoms with Crippen molar-refractivity contribution in [3.63, 3.8) is 0 Å².